The molecule has 0 bridgehead atoms. The average Bonchev–Trinajstić information content (AvgIpc) is 1.82. The largest absolute Gasteiger partial charge is 2.00 e. The second-order valence-electron chi connectivity index (χ2n) is 2.42. The quantitative estimate of drug-likeness (QED) is 0.493. The Balaban J connectivity index is -0.000000120. The summed E-state index contributed by atoms with van der Waals surface area (Å²) in [5, 5.41) is 38.9. The molecule has 0 atom stereocenters. The summed E-state index contributed by atoms with van der Waals surface area (Å²) < 4.78 is 0. The molecule has 0 saturated heterocycles. The molecule has 0 fully saturated rings. The van der Waals surface area contributed by atoms with Crippen molar-refractivity contribution in [3.63, 3.8) is 0 Å². The van der Waals surface area contributed by atoms with Crippen LogP contribution in [0.5, 0.6) is 0 Å². The molecule has 74 valence electrons. The summed E-state index contributed by atoms with van der Waals surface area (Å²) in [6.45, 7) is 0. The van der Waals surface area contributed by atoms with Gasteiger partial charge in [-0.3, -0.25) is 0 Å². The van der Waals surface area contributed by atoms with Crippen molar-refractivity contribution in [2.75, 3.05) is 0 Å². The topological polar surface area (TPSA) is 141 Å². The van der Waals surface area contributed by atoms with Gasteiger partial charge in [0.15, 0.2) is 0 Å². The summed E-state index contributed by atoms with van der Waals surface area (Å²) in [5.41, 5.74) is -2.97. The van der Waals surface area contributed by atoms with Gasteiger partial charge < -0.3 is 34.8 Å². The van der Waals surface area contributed by atoms with Crippen molar-refractivity contribution < 1.29 is 34.8 Å². The van der Waals surface area contributed by atoms with E-state index in [1.165, 1.54) is 0 Å². The van der Waals surface area contributed by atoms with Crippen molar-refractivity contribution in [2.24, 2.45) is 0 Å². The van der Waals surface area contributed by atoms with Gasteiger partial charge in [-0.15, -0.1) is 0 Å². The van der Waals surface area contributed by atoms with E-state index in [1.807, 2.05) is 0 Å². The van der Waals surface area contributed by atoms with Crippen molar-refractivity contribution in [2.45, 2.75) is 18.4 Å². The van der Waals surface area contributed by atoms with E-state index in [0.717, 1.165) is 0 Å². The Morgan fingerprint density at radius 3 is 1.24 bits per heavy atom. The molecule has 0 aromatic rings. The van der Waals surface area contributed by atoms with Gasteiger partial charge in [-0.1, -0.05) is 0 Å². The number of aliphatic carboxylic acids is 3. The van der Waals surface area contributed by atoms with Crippen LogP contribution in [0.25, 0.3) is 0 Å². The predicted molar refractivity (Wildman–Crippen MR) is 52.2 cm³/mol. The first-order valence-corrected chi connectivity index (χ1v) is 3.11. The molecular formula is C6H5Ca3MgO7+5. The SMILES string of the molecule is O=C([O-])CC(O)(CC(=O)[O-])C(=O)[O-].[Ca+2].[Ca+2].[Ca+2].[Mg+2]. The molecule has 0 aliphatic heterocycles. The maximum absolute atomic E-state index is 10.1. The van der Waals surface area contributed by atoms with E-state index in [1.54, 1.807) is 0 Å². The van der Waals surface area contributed by atoms with E-state index in [-0.39, 0.29) is 136 Å². The van der Waals surface area contributed by atoms with Gasteiger partial charge in [0, 0.05) is 24.8 Å². The second-order valence-corrected chi connectivity index (χ2v) is 2.42. The van der Waals surface area contributed by atoms with Crippen LogP contribution in [0.4, 0.5) is 0 Å². The summed E-state index contributed by atoms with van der Waals surface area (Å²) >= 11 is 0. The van der Waals surface area contributed by atoms with E-state index in [4.69, 9.17) is 5.11 Å². The van der Waals surface area contributed by atoms with Gasteiger partial charge in [0.1, 0.15) is 5.60 Å². The zero-order valence-corrected chi connectivity index (χ0v) is 17.2. The fourth-order valence-corrected chi connectivity index (χ4v) is 0.684. The fourth-order valence-electron chi connectivity index (χ4n) is 0.684. The molecule has 0 aromatic carbocycles. The smallest absolute Gasteiger partial charge is 0.550 e. The van der Waals surface area contributed by atoms with Gasteiger partial charge in [-0.25, -0.2) is 0 Å². The minimum Gasteiger partial charge on any atom is -0.550 e. The minimum atomic E-state index is -2.97. The molecular weight excluding hydrogens is 329 g/mol. The molecule has 1 N–H and O–H groups in total. The predicted octanol–water partition coefficient (Wildman–Crippen LogP) is -6.78. The second kappa shape index (κ2) is 15.3. The minimum absolute atomic E-state index is 0. The number of rotatable bonds is 5. The standard InChI is InChI=1S/C6H8O7.3Ca.Mg/c7-3(8)1-6(13,5(11)12)2-4(9)10;;;;/h13H,1-2H2,(H,7,8)(H,9,10)(H,11,12);;;;/q;4*+2/p-3. The normalized spacial score (nSPS) is 8.29. The van der Waals surface area contributed by atoms with Crippen molar-refractivity contribution in [1.29, 1.82) is 0 Å². The molecule has 11 heteroatoms. The molecule has 0 heterocycles. The first-order valence-electron chi connectivity index (χ1n) is 3.11. The number of carboxylic acids is 3. The molecule has 0 aromatic heterocycles. The van der Waals surface area contributed by atoms with Crippen LogP contribution >= 0.6 is 0 Å². The molecule has 7 nitrogen and oxygen atoms in total. The van der Waals surface area contributed by atoms with E-state index in [9.17, 15) is 29.7 Å². The monoisotopic (exact) mass is 333 g/mol. The van der Waals surface area contributed by atoms with E-state index >= 15 is 0 Å². The van der Waals surface area contributed by atoms with Gasteiger partial charge in [-0.05, 0) is 0 Å². The van der Waals surface area contributed by atoms with Gasteiger partial charge >= 0.3 is 136 Å². The van der Waals surface area contributed by atoms with E-state index < -0.39 is 36.4 Å². The summed E-state index contributed by atoms with van der Waals surface area (Å²) in [6, 6.07) is 0. The Morgan fingerprint density at radius 1 is 0.882 bits per heavy atom. The summed E-state index contributed by atoms with van der Waals surface area (Å²) in [5.74, 6) is -5.98. The first-order chi connectivity index (χ1) is 5.78. The van der Waals surface area contributed by atoms with E-state index in [2.05, 4.69) is 0 Å². The van der Waals surface area contributed by atoms with Crippen LogP contribution in [-0.4, -0.2) is 165 Å². The number of hydrogen-bond donors (Lipinski definition) is 1. The number of aliphatic hydroxyl groups is 1. The van der Waals surface area contributed by atoms with Gasteiger partial charge in [0.05, 0.1) is 5.97 Å². The molecule has 0 rings (SSSR count). The molecule has 0 aliphatic carbocycles. The Morgan fingerprint density at radius 2 is 1.12 bits per heavy atom. The third-order valence-electron chi connectivity index (χ3n) is 1.25. The maximum Gasteiger partial charge on any atom is 2.00 e. The van der Waals surface area contributed by atoms with Crippen molar-refractivity contribution in [1.82, 2.24) is 0 Å². The Hall–Kier alpha value is 2.92. The third kappa shape index (κ3) is 15.1. The third-order valence-corrected chi connectivity index (χ3v) is 1.25. The number of carbonyl (C=O) groups excluding carboxylic acids is 3. The Labute approximate surface area is 203 Å². The van der Waals surface area contributed by atoms with Crippen molar-refractivity contribution in [3.05, 3.63) is 0 Å². The maximum atomic E-state index is 10.1. The van der Waals surface area contributed by atoms with Crippen LogP contribution in [0.3, 0.4) is 0 Å². The van der Waals surface area contributed by atoms with Crippen LogP contribution in [0, 0.1) is 0 Å². The summed E-state index contributed by atoms with van der Waals surface area (Å²) in [4.78, 5) is 30.0. The molecule has 0 spiro atoms. The van der Waals surface area contributed by atoms with Gasteiger partial charge in [0.2, 0.25) is 0 Å². The van der Waals surface area contributed by atoms with Crippen molar-refractivity contribution in [3.8, 4) is 0 Å². The van der Waals surface area contributed by atoms with E-state index in [0.29, 0.717) is 0 Å². The Kier molecular flexibility index (Phi) is 28.8. The Bertz CT molecular complexity index is 244. The van der Waals surface area contributed by atoms with Crippen molar-refractivity contribution >= 4 is 154 Å². The molecule has 0 radical (unpaired) electrons. The molecule has 17 heavy (non-hydrogen) atoms. The van der Waals surface area contributed by atoms with Crippen LogP contribution in [0.15, 0.2) is 0 Å². The number of carboxylic acid groups (broad SMARTS) is 3. The van der Waals surface area contributed by atoms with Crippen LogP contribution in [-0.2, 0) is 14.4 Å². The fraction of sp³-hybridized carbons (Fsp3) is 0.500. The van der Waals surface area contributed by atoms with Gasteiger partial charge in [-0.2, -0.15) is 0 Å². The molecule has 0 aliphatic rings. The zero-order valence-electron chi connectivity index (χ0n) is 9.14. The van der Waals surface area contributed by atoms with Crippen LogP contribution in [0.2, 0.25) is 0 Å². The average molecular weight is 334 g/mol. The molecule has 0 amide bonds. The summed E-state index contributed by atoms with van der Waals surface area (Å²) in [6.07, 6.45) is -2.72. The van der Waals surface area contributed by atoms with Crippen LogP contribution < -0.4 is 15.3 Å². The number of carbonyl (C=O) groups is 3. The zero-order chi connectivity index (χ0) is 10.6. The molecule has 0 unspecified atom stereocenters. The molecule has 0 saturated carbocycles. The van der Waals surface area contributed by atoms with Crippen LogP contribution in [0.1, 0.15) is 12.8 Å². The summed E-state index contributed by atoms with van der Waals surface area (Å²) in [7, 11) is 0. The first kappa shape index (κ1) is 32.0. The van der Waals surface area contributed by atoms with Gasteiger partial charge in [0.25, 0.3) is 0 Å². The number of hydrogen-bond acceptors (Lipinski definition) is 7.